The highest BCUT2D eigenvalue weighted by atomic mass is 35.5. The molecule has 0 saturated carbocycles. The molecule has 0 aliphatic heterocycles. The van der Waals surface area contributed by atoms with Crippen LogP contribution in [0.5, 0.6) is 0 Å². The molecule has 0 radical (unpaired) electrons. The van der Waals surface area contributed by atoms with Crippen LogP contribution in [0.2, 0.25) is 5.02 Å². The number of fused-ring (bicyclic) bond motifs is 1. The van der Waals surface area contributed by atoms with E-state index >= 15 is 0 Å². The van der Waals surface area contributed by atoms with E-state index in [9.17, 15) is 4.79 Å². The number of imidazole rings is 1. The monoisotopic (exact) mass is 313 g/mol. The largest absolute Gasteiger partial charge is 0.338 e. The summed E-state index contributed by atoms with van der Waals surface area (Å²) in [6, 6.07) is 13.1. The number of carbonyl (C=O) groups is 1. The van der Waals surface area contributed by atoms with Crippen molar-refractivity contribution in [3.8, 4) is 11.4 Å². The smallest absolute Gasteiger partial charge is 0.226 e. The maximum absolute atomic E-state index is 11.7. The number of carbonyl (C=O) groups excluding carboxylic acids is 1. The van der Waals surface area contributed by atoms with Gasteiger partial charge in [-0.05, 0) is 42.5 Å². The molecule has 2 aromatic carbocycles. The maximum atomic E-state index is 11.7. The molecule has 1 aromatic heterocycles. The lowest BCUT2D eigenvalue weighted by Crippen LogP contribution is -2.17. The number of benzene rings is 2. The predicted molar refractivity (Wildman–Crippen MR) is 90.0 cm³/mol. The van der Waals surface area contributed by atoms with Gasteiger partial charge in [0, 0.05) is 22.2 Å². The molecule has 0 aliphatic rings. The molecule has 0 fully saturated rings. The zero-order chi connectivity index (χ0) is 15.7. The Morgan fingerprint density at radius 3 is 2.59 bits per heavy atom. The van der Waals surface area contributed by atoms with Gasteiger partial charge in [0.15, 0.2) is 0 Å². The van der Waals surface area contributed by atoms with Crippen LogP contribution in [0.1, 0.15) is 13.8 Å². The van der Waals surface area contributed by atoms with Crippen LogP contribution < -0.4 is 5.32 Å². The third kappa shape index (κ3) is 2.97. The molecule has 0 saturated heterocycles. The fraction of sp³-hybridized carbons (Fsp3) is 0.176. The van der Waals surface area contributed by atoms with Gasteiger partial charge in [0.25, 0.3) is 0 Å². The summed E-state index contributed by atoms with van der Waals surface area (Å²) in [5, 5.41) is 3.54. The minimum Gasteiger partial charge on any atom is -0.338 e. The van der Waals surface area contributed by atoms with Crippen molar-refractivity contribution in [3.05, 3.63) is 47.5 Å². The van der Waals surface area contributed by atoms with Crippen LogP contribution in [0.4, 0.5) is 5.69 Å². The third-order valence-corrected chi connectivity index (χ3v) is 3.63. The molecule has 3 rings (SSSR count). The molecule has 0 spiro atoms. The van der Waals surface area contributed by atoms with Gasteiger partial charge in [0.1, 0.15) is 5.82 Å². The number of anilines is 1. The SMILES string of the molecule is CC(C)C(=O)Nc1ccc(-c2nc3ccc(Cl)cc3[nH]2)cc1. The molecule has 1 heterocycles. The average Bonchev–Trinajstić information content (AvgIpc) is 2.90. The molecule has 1 amide bonds. The summed E-state index contributed by atoms with van der Waals surface area (Å²) in [4.78, 5) is 19.5. The van der Waals surface area contributed by atoms with E-state index in [-0.39, 0.29) is 11.8 Å². The number of aromatic nitrogens is 2. The highest BCUT2D eigenvalue weighted by Crippen LogP contribution is 2.24. The van der Waals surface area contributed by atoms with Crippen LogP contribution in [0.15, 0.2) is 42.5 Å². The number of amides is 1. The molecule has 0 aliphatic carbocycles. The summed E-state index contributed by atoms with van der Waals surface area (Å²) >= 11 is 5.98. The Morgan fingerprint density at radius 2 is 1.91 bits per heavy atom. The Morgan fingerprint density at radius 1 is 1.18 bits per heavy atom. The van der Waals surface area contributed by atoms with Crippen molar-refractivity contribution in [1.29, 1.82) is 0 Å². The van der Waals surface area contributed by atoms with Crippen LogP contribution in [0.3, 0.4) is 0 Å². The first-order valence-electron chi connectivity index (χ1n) is 7.09. The van der Waals surface area contributed by atoms with Gasteiger partial charge < -0.3 is 10.3 Å². The first-order chi connectivity index (χ1) is 10.5. The van der Waals surface area contributed by atoms with E-state index in [2.05, 4.69) is 15.3 Å². The summed E-state index contributed by atoms with van der Waals surface area (Å²) in [7, 11) is 0. The van der Waals surface area contributed by atoms with Gasteiger partial charge in [0.05, 0.1) is 11.0 Å². The second kappa shape index (κ2) is 5.81. The number of hydrogen-bond donors (Lipinski definition) is 2. The average molecular weight is 314 g/mol. The molecule has 5 heteroatoms. The highest BCUT2D eigenvalue weighted by molar-refractivity contribution is 6.31. The summed E-state index contributed by atoms with van der Waals surface area (Å²) in [6.45, 7) is 3.73. The number of nitrogens with zero attached hydrogens (tertiary/aromatic N) is 1. The maximum Gasteiger partial charge on any atom is 0.226 e. The second-order valence-corrected chi connectivity index (χ2v) is 5.90. The number of rotatable bonds is 3. The first kappa shape index (κ1) is 14.6. The van der Waals surface area contributed by atoms with Gasteiger partial charge in [0.2, 0.25) is 5.91 Å². The second-order valence-electron chi connectivity index (χ2n) is 5.47. The molecule has 4 nitrogen and oxygen atoms in total. The van der Waals surface area contributed by atoms with E-state index < -0.39 is 0 Å². The first-order valence-corrected chi connectivity index (χ1v) is 7.47. The number of aromatic amines is 1. The fourth-order valence-electron chi connectivity index (χ4n) is 2.12. The van der Waals surface area contributed by atoms with Gasteiger partial charge >= 0.3 is 0 Å². The van der Waals surface area contributed by atoms with Crippen LogP contribution in [0.25, 0.3) is 22.4 Å². The Labute approximate surface area is 133 Å². The lowest BCUT2D eigenvalue weighted by molar-refractivity contribution is -0.118. The minimum atomic E-state index is -0.0419. The number of nitrogens with one attached hydrogen (secondary N) is 2. The van der Waals surface area contributed by atoms with Crippen molar-refractivity contribution < 1.29 is 4.79 Å². The highest BCUT2D eigenvalue weighted by Gasteiger charge is 2.08. The zero-order valence-electron chi connectivity index (χ0n) is 12.4. The molecule has 2 N–H and O–H groups in total. The van der Waals surface area contributed by atoms with Gasteiger partial charge in [-0.15, -0.1) is 0 Å². The van der Waals surface area contributed by atoms with Crippen LogP contribution in [-0.2, 0) is 4.79 Å². The van der Waals surface area contributed by atoms with Crippen molar-refractivity contribution >= 4 is 34.2 Å². The zero-order valence-corrected chi connectivity index (χ0v) is 13.1. The summed E-state index contributed by atoms with van der Waals surface area (Å²) in [5.41, 5.74) is 3.51. The topological polar surface area (TPSA) is 57.8 Å². The van der Waals surface area contributed by atoms with E-state index in [4.69, 9.17) is 11.6 Å². The van der Waals surface area contributed by atoms with Gasteiger partial charge in [-0.3, -0.25) is 4.79 Å². The lowest BCUT2D eigenvalue weighted by atomic mass is 10.1. The standard InChI is InChI=1S/C17H16ClN3O/c1-10(2)17(22)19-13-6-3-11(4-7-13)16-20-14-8-5-12(18)9-15(14)21-16/h3-10H,1-2H3,(H,19,22)(H,20,21). The van der Waals surface area contributed by atoms with E-state index in [1.54, 1.807) is 0 Å². The Balaban J connectivity index is 1.86. The molecule has 22 heavy (non-hydrogen) atoms. The number of hydrogen-bond acceptors (Lipinski definition) is 2. The van der Waals surface area contributed by atoms with Crippen LogP contribution in [-0.4, -0.2) is 15.9 Å². The van der Waals surface area contributed by atoms with E-state index in [0.717, 1.165) is 28.1 Å². The summed E-state index contributed by atoms with van der Waals surface area (Å²) < 4.78 is 0. The Kier molecular flexibility index (Phi) is 3.86. The predicted octanol–water partition coefficient (Wildman–Crippen LogP) is 4.48. The van der Waals surface area contributed by atoms with E-state index in [1.165, 1.54) is 0 Å². The van der Waals surface area contributed by atoms with Crippen molar-refractivity contribution in [2.24, 2.45) is 5.92 Å². The number of H-pyrrole nitrogens is 1. The third-order valence-electron chi connectivity index (χ3n) is 3.39. The quantitative estimate of drug-likeness (QED) is 0.749. The van der Waals surface area contributed by atoms with Crippen molar-refractivity contribution in [1.82, 2.24) is 9.97 Å². The molecule has 0 unspecified atom stereocenters. The fourth-order valence-corrected chi connectivity index (χ4v) is 2.29. The van der Waals surface area contributed by atoms with Crippen molar-refractivity contribution in [2.45, 2.75) is 13.8 Å². The van der Waals surface area contributed by atoms with Crippen molar-refractivity contribution in [3.63, 3.8) is 0 Å². The van der Waals surface area contributed by atoms with Crippen molar-refractivity contribution in [2.75, 3.05) is 5.32 Å². The summed E-state index contributed by atoms with van der Waals surface area (Å²) in [5.74, 6) is 0.741. The summed E-state index contributed by atoms with van der Waals surface area (Å²) in [6.07, 6.45) is 0. The molecule has 112 valence electrons. The normalized spacial score (nSPS) is 11.1. The molecular formula is C17H16ClN3O. The molecular weight excluding hydrogens is 298 g/mol. The van der Waals surface area contributed by atoms with E-state index in [0.29, 0.717) is 5.02 Å². The molecule has 3 aromatic rings. The Bertz CT molecular complexity index is 822. The molecule has 0 atom stereocenters. The van der Waals surface area contributed by atoms with Crippen LogP contribution >= 0.6 is 11.6 Å². The van der Waals surface area contributed by atoms with Gasteiger partial charge in [-0.25, -0.2) is 4.98 Å². The minimum absolute atomic E-state index is 0.00567. The van der Waals surface area contributed by atoms with Gasteiger partial charge in [-0.1, -0.05) is 25.4 Å². The lowest BCUT2D eigenvalue weighted by Gasteiger charge is -2.07. The van der Waals surface area contributed by atoms with E-state index in [1.807, 2.05) is 56.3 Å². The molecule has 0 bridgehead atoms. The van der Waals surface area contributed by atoms with Crippen LogP contribution in [0, 0.1) is 5.92 Å². The van der Waals surface area contributed by atoms with Gasteiger partial charge in [-0.2, -0.15) is 0 Å². The Hall–Kier alpha value is -2.33. The number of halogens is 1.